The quantitative estimate of drug-likeness (QED) is 0.863. The lowest BCUT2D eigenvalue weighted by atomic mass is 10.2. The second-order valence-corrected chi connectivity index (χ2v) is 3.70. The van der Waals surface area contributed by atoms with E-state index in [1.165, 1.54) is 18.2 Å². The zero-order valence-electron chi connectivity index (χ0n) is 9.28. The van der Waals surface area contributed by atoms with Gasteiger partial charge in [-0.2, -0.15) is 0 Å². The van der Waals surface area contributed by atoms with Crippen LogP contribution in [0.3, 0.4) is 0 Å². The first-order valence-electron chi connectivity index (χ1n) is 5.31. The highest BCUT2D eigenvalue weighted by molar-refractivity contribution is 5.91. The summed E-state index contributed by atoms with van der Waals surface area (Å²) in [7, 11) is 0. The van der Waals surface area contributed by atoms with Gasteiger partial charge in [0.1, 0.15) is 0 Å². The van der Waals surface area contributed by atoms with Crippen LogP contribution in [0.2, 0.25) is 0 Å². The fourth-order valence-corrected chi connectivity index (χ4v) is 1.49. The van der Waals surface area contributed by atoms with Crippen molar-refractivity contribution in [2.45, 2.75) is 19.1 Å². The Kier molecular flexibility index (Phi) is 3.33. The zero-order valence-corrected chi connectivity index (χ0v) is 9.28. The van der Waals surface area contributed by atoms with Crippen molar-refractivity contribution >= 4 is 11.6 Å². The van der Waals surface area contributed by atoms with E-state index in [1.807, 2.05) is 0 Å². The van der Waals surface area contributed by atoms with E-state index < -0.39 is 6.29 Å². The molecule has 1 aromatic rings. The molecule has 98 valence electrons. The Labute approximate surface area is 101 Å². The van der Waals surface area contributed by atoms with Crippen LogP contribution in [0.4, 0.5) is 14.5 Å². The molecule has 7 heteroatoms. The first kappa shape index (κ1) is 12.6. The Morgan fingerprint density at radius 3 is 2.78 bits per heavy atom. The second-order valence-electron chi connectivity index (χ2n) is 3.70. The number of nitrogens with one attached hydrogen (secondary N) is 1. The van der Waals surface area contributed by atoms with Gasteiger partial charge in [-0.05, 0) is 18.6 Å². The van der Waals surface area contributed by atoms with Crippen LogP contribution in [0.1, 0.15) is 12.8 Å². The fourth-order valence-electron chi connectivity index (χ4n) is 1.49. The molecule has 0 atom stereocenters. The standard InChI is InChI=1S/C11H11F2NO4/c12-11(13)17-8-4-3-7(6-9(8)18-11)14-10(16)2-1-5-15/h3-4,6,15H,1-2,5H2,(H,14,16). The molecule has 0 radical (unpaired) electrons. The highest BCUT2D eigenvalue weighted by atomic mass is 19.3. The number of carbonyl (C=O) groups is 1. The predicted octanol–water partition coefficient (Wildman–Crippen LogP) is 1.72. The number of rotatable bonds is 4. The minimum atomic E-state index is -3.66. The molecule has 2 N–H and O–H groups in total. The maximum atomic E-state index is 12.7. The molecule has 0 spiro atoms. The Morgan fingerprint density at radius 2 is 2.06 bits per heavy atom. The largest absolute Gasteiger partial charge is 0.586 e. The maximum Gasteiger partial charge on any atom is 0.586 e. The number of ether oxygens (including phenoxy) is 2. The lowest BCUT2D eigenvalue weighted by Gasteiger charge is -2.05. The minimum Gasteiger partial charge on any atom is -0.396 e. The first-order chi connectivity index (χ1) is 8.50. The van der Waals surface area contributed by atoms with E-state index in [1.54, 1.807) is 0 Å². The molecule has 0 unspecified atom stereocenters. The number of halogens is 2. The van der Waals surface area contributed by atoms with Crippen molar-refractivity contribution in [1.82, 2.24) is 0 Å². The number of anilines is 1. The summed E-state index contributed by atoms with van der Waals surface area (Å²) < 4.78 is 33.9. The molecule has 1 aromatic carbocycles. The number of hydrogen-bond donors (Lipinski definition) is 2. The summed E-state index contributed by atoms with van der Waals surface area (Å²) in [5.41, 5.74) is 0.331. The van der Waals surface area contributed by atoms with E-state index in [0.29, 0.717) is 12.1 Å². The van der Waals surface area contributed by atoms with Gasteiger partial charge in [-0.1, -0.05) is 0 Å². The topological polar surface area (TPSA) is 67.8 Å². The van der Waals surface area contributed by atoms with Gasteiger partial charge in [0.25, 0.3) is 0 Å². The number of carbonyl (C=O) groups excluding carboxylic acids is 1. The van der Waals surface area contributed by atoms with E-state index in [2.05, 4.69) is 14.8 Å². The third-order valence-electron chi connectivity index (χ3n) is 2.25. The lowest BCUT2D eigenvalue weighted by molar-refractivity contribution is -0.286. The summed E-state index contributed by atoms with van der Waals surface area (Å²) in [4.78, 5) is 11.4. The molecule has 18 heavy (non-hydrogen) atoms. The molecule has 0 aliphatic carbocycles. The highest BCUT2D eigenvalue weighted by Crippen LogP contribution is 2.42. The van der Waals surface area contributed by atoms with Crippen LogP contribution in [0.25, 0.3) is 0 Å². The maximum absolute atomic E-state index is 12.7. The van der Waals surface area contributed by atoms with E-state index in [-0.39, 0.29) is 30.4 Å². The van der Waals surface area contributed by atoms with Crippen LogP contribution in [0.15, 0.2) is 18.2 Å². The monoisotopic (exact) mass is 259 g/mol. The van der Waals surface area contributed by atoms with E-state index in [9.17, 15) is 13.6 Å². The third kappa shape index (κ3) is 2.86. The van der Waals surface area contributed by atoms with Crippen LogP contribution in [0, 0.1) is 0 Å². The van der Waals surface area contributed by atoms with Gasteiger partial charge in [0, 0.05) is 24.8 Å². The summed E-state index contributed by atoms with van der Waals surface area (Å²) in [5, 5.41) is 11.1. The van der Waals surface area contributed by atoms with Crippen molar-refractivity contribution < 1.29 is 28.2 Å². The van der Waals surface area contributed by atoms with Crippen LogP contribution in [0.5, 0.6) is 11.5 Å². The molecule has 0 aromatic heterocycles. The Balaban J connectivity index is 2.03. The van der Waals surface area contributed by atoms with Crippen LogP contribution in [-0.4, -0.2) is 23.9 Å². The average Bonchev–Trinajstić information content (AvgIpc) is 2.59. The molecule has 1 heterocycles. The number of benzene rings is 1. The summed E-state index contributed by atoms with van der Waals surface area (Å²) in [6, 6.07) is 3.98. The number of aliphatic hydroxyl groups is 1. The minimum absolute atomic E-state index is 0.0756. The summed E-state index contributed by atoms with van der Waals surface area (Å²) >= 11 is 0. The lowest BCUT2D eigenvalue weighted by Crippen LogP contribution is -2.25. The SMILES string of the molecule is O=C(CCCO)Nc1ccc2c(c1)OC(F)(F)O2. The van der Waals surface area contributed by atoms with Crippen molar-refractivity contribution in [3.05, 3.63) is 18.2 Å². The van der Waals surface area contributed by atoms with Crippen molar-refractivity contribution in [2.75, 3.05) is 11.9 Å². The van der Waals surface area contributed by atoms with Gasteiger partial charge in [-0.25, -0.2) is 0 Å². The smallest absolute Gasteiger partial charge is 0.396 e. The summed E-state index contributed by atoms with van der Waals surface area (Å²) in [6.07, 6.45) is -3.17. The van der Waals surface area contributed by atoms with Gasteiger partial charge in [-0.3, -0.25) is 4.79 Å². The Hall–Kier alpha value is -1.89. The number of hydrogen-bond acceptors (Lipinski definition) is 4. The van der Waals surface area contributed by atoms with Crippen molar-refractivity contribution in [1.29, 1.82) is 0 Å². The summed E-state index contributed by atoms with van der Waals surface area (Å²) in [6.45, 7) is -0.0826. The molecule has 1 aliphatic heterocycles. The molecule has 5 nitrogen and oxygen atoms in total. The van der Waals surface area contributed by atoms with Gasteiger partial charge in [0.15, 0.2) is 11.5 Å². The molecule has 0 saturated heterocycles. The number of amides is 1. The third-order valence-corrected chi connectivity index (χ3v) is 2.25. The number of aliphatic hydroxyl groups excluding tert-OH is 1. The number of alkyl halides is 2. The van der Waals surface area contributed by atoms with Crippen LogP contribution < -0.4 is 14.8 Å². The van der Waals surface area contributed by atoms with Crippen LogP contribution >= 0.6 is 0 Å². The van der Waals surface area contributed by atoms with Crippen LogP contribution in [-0.2, 0) is 4.79 Å². The molecule has 1 aliphatic rings. The van der Waals surface area contributed by atoms with Crippen molar-refractivity contribution in [2.24, 2.45) is 0 Å². The molecule has 2 rings (SSSR count). The molecule has 0 bridgehead atoms. The van der Waals surface area contributed by atoms with Gasteiger partial charge in [0.05, 0.1) is 0 Å². The highest BCUT2D eigenvalue weighted by Gasteiger charge is 2.43. The van der Waals surface area contributed by atoms with Crippen molar-refractivity contribution in [3.63, 3.8) is 0 Å². The molecule has 1 amide bonds. The average molecular weight is 259 g/mol. The Morgan fingerprint density at radius 1 is 1.33 bits per heavy atom. The Bertz CT molecular complexity index is 464. The second kappa shape index (κ2) is 4.77. The molecular formula is C11H11F2NO4. The van der Waals surface area contributed by atoms with Gasteiger partial charge < -0.3 is 19.9 Å². The molecule has 0 fully saturated rings. The predicted molar refractivity (Wildman–Crippen MR) is 57.6 cm³/mol. The van der Waals surface area contributed by atoms with Crippen molar-refractivity contribution in [3.8, 4) is 11.5 Å². The number of fused-ring (bicyclic) bond motifs is 1. The van der Waals surface area contributed by atoms with E-state index in [0.717, 1.165) is 0 Å². The van der Waals surface area contributed by atoms with E-state index in [4.69, 9.17) is 5.11 Å². The normalized spacial score (nSPS) is 15.5. The van der Waals surface area contributed by atoms with Gasteiger partial charge in [0.2, 0.25) is 5.91 Å². The fraction of sp³-hybridized carbons (Fsp3) is 0.364. The van der Waals surface area contributed by atoms with Gasteiger partial charge >= 0.3 is 6.29 Å². The molecule has 0 saturated carbocycles. The van der Waals surface area contributed by atoms with E-state index >= 15 is 0 Å². The first-order valence-corrected chi connectivity index (χ1v) is 5.31. The molecular weight excluding hydrogens is 248 g/mol. The van der Waals surface area contributed by atoms with Gasteiger partial charge in [-0.15, -0.1) is 8.78 Å². The summed E-state index contributed by atoms with van der Waals surface area (Å²) in [5.74, 6) is -0.511. The zero-order chi connectivity index (χ0) is 13.2.